The molecule has 0 unspecified atom stereocenters. The van der Waals surface area contributed by atoms with Gasteiger partial charge in [-0.1, -0.05) is 32.5 Å². The van der Waals surface area contributed by atoms with Gasteiger partial charge in [0, 0.05) is 44.1 Å². The van der Waals surface area contributed by atoms with Crippen LogP contribution in [0.2, 0.25) is 0 Å². The van der Waals surface area contributed by atoms with E-state index in [0.29, 0.717) is 35.6 Å². The molecule has 1 N–H and O–H groups in total. The molecule has 2 amide bonds. The van der Waals surface area contributed by atoms with Crippen LogP contribution >= 0.6 is 23.4 Å². The van der Waals surface area contributed by atoms with E-state index < -0.39 is 0 Å². The predicted molar refractivity (Wildman–Crippen MR) is 92.3 cm³/mol. The Bertz CT molecular complexity index is 554. The summed E-state index contributed by atoms with van der Waals surface area (Å²) in [6, 6.07) is -0.248. The highest BCUT2D eigenvalue weighted by Gasteiger charge is 2.25. The predicted octanol–water partition coefficient (Wildman–Crippen LogP) is 1.94. The lowest BCUT2D eigenvalue weighted by atomic mass is 9.96. The van der Waals surface area contributed by atoms with Crippen molar-refractivity contribution < 1.29 is 9.59 Å². The van der Waals surface area contributed by atoms with Crippen LogP contribution in [0, 0.1) is 0 Å². The molecule has 7 nitrogen and oxygen atoms in total. The minimum absolute atomic E-state index is 0.0817. The molecule has 0 saturated carbocycles. The number of nitrogens with one attached hydrogen (secondary N) is 1. The van der Waals surface area contributed by atoms with Crippen molar-refractivity contribution in [1.82, 2.24) is 25.0 Å². The number of alkyl halides is 1. The van der Waals surface area contributed by atoms with Gasteiger partial charge in [-0.25, -0.2) is 9.78 Å². The number of hydrogen-bond donors (Lipinski definition) is 1. The van der Waals surface area contributed by atoms with Crippen LogP contribution in [0.3, 0.4) is 0 Å². The topological polar surface area (TPSA) is 80.1 Å². The molecule has 0 saturated heterocycles. The van der Waals surface area contributed by atoms with Crippen molar-refractivity contribution in [2.45, 2.75) is 37.8 Å². The molecule has 130 valence electrons. The molecule has 0 atom stereocenters. The van der Waals surface area contributed by atoms with Gasteiger partial charge in [0.15, 0.2) is 11.0 Å². The van der Waals surface area contributed by atoms with Gasteiger partial charge in [0.05, 0.1) is 0 Å². The second-order valence-corrected chi connectivity index (χ2v) is 7.63. The van der Waals surface area contributed by atoms with E-state index >= 15 is 0 Å². The maximum Gasteiger partial charge on any atom is 0.346 e. The number of carbonyl (C=O) groups is 2. The molecule has 0 aromatic carbocycles. The van der Waals surface area contributed by atoms with Gasteiger partial charge in [-0.05, 0) is 0 Å². The van der Waals surface area contributed by atoms with Crippen molar-refractivity contribution in [3.63, 3.8) is 0 Å². The summed E-state index contributed by atoms with van der Waals surface area (Å²) in [7, 11) is 3.34. The Morgan fingerprint density at radius 3 is 2.52 bits per heavy atom. The smallest absolute Gasteiger partial charge is 0.346 e. The van der Waals surface area contributed by atoms with Crippen LogP contribution in [0.25, 0.3) is 0 Å². The Morgan fingerprint density at radius 1 is 1.35 bits per heavy atom. The van der Waals surface area contributed by atoms with Gasteiger partial charge in [0.1, 0.15) is 0 Å². The van der Waals surface area contributed by atoms with Crippen molar-refractivity contribution in [3.05, 3.63) is 5.82 Å². The molecular formula is C14H24ClN5O2S. The van der Waals surface area contributed by atoms with Crippen LogP contribution in [0.5, 0.6) is 0 Å². The maximum absolute atomic E-state index is 12.2. The first-order valence-corrected chi connectivity index (χ1v) is 8.83. The SMILES string of the molecule is CN(C)C(=O)n1nc(C(C)(C)C)nc1SCCNC(=O)CCCl. The highest BCUT2D eigenvalue weighted by molar-refractivity contribution is 7.99. The molecule has 0 fully saturated rings. The lowest BCUT2D eigenvalue weighted by Gasteiger charge is -2.13. The first-order valence-electron chi connectivity index (χ1n) is 7.31. The zero-order valence-corrected chi connectivity index (χ0v) is 15.8. The van der Waals surface area contributed by atoms with Crippen molar-refractivity contribution >= 4 is 35.3 Å². The van der Waals surface area contributed by atoms with Crippen LogP contribution in [0.15, 0.2) is 5.16 Å². The third kappa shape index (κ3) is 6.02. The Morgan fingerprint density at radius 2 is 2.00 bits per heavy atom. The second kappa shape index (κ2) is 8.54. The Hall–Kier alpha value is -1.28. The molecule has 1 aromatic rings. The van der Waals surface area contributed by atoms with E-state index in [1.807, 2.05) is 20.8 Å². The minimum atomic E-state index is -0.248. The van der Waals surface area contributed by atoms with Crippen LogP contribution in [0.1, 0.15) is 33.0 Å². The third-order valence-corrected chi connectivity index (χ3v) is 3.91. The Labute approximate surface area is 146 Å². The number of halogens is 1. The fourth-order valence-corrected chi connectivity index (χ4v) is 2.48. The van der Waals surface area contributed by atoms with E-state index in [4.69, 9.17) is 11.6 Å². The molecule has 0 bridgehead atoms. The van der Waals surface area contributed by atoms with E-state index in [9.17, 15) is 9.59 Å². The summed E-state index contributed by atoms with van der Waals surface area (Å²) in [5, 5.41) is 7.63. The summed E-state index contributed by atoms with van der Waals surface area (Å²) in [5.74, 6) is 1.43. The highest BCUT2D eigenvalue weighted by Crippen LogP contribution is 2.23. The molecule has 0 aliphatic carbocycles. The van der Waals surface area contributed by atoms with Crippen molar-refractivity contribution in [2.75, 3.05) is 32.3 Å². The average molecular weight is 362 g/mol. The van der Waals surface area contributed by atoms with Crippen LogP contribution in [0.4, 0.5) is 4.79 Å². The number of rotatable bonds is 6. The summed E-state index contributed by atoms with van der Waals surface area (Å²) in [6.45, 7) is 6.46. The molecule has 1 rings (SSSR count). The van der Waals surface area contributed by atoms with Gasteiger partial charge in [-0.3, -0.25) is 4.79 Å². The third-order valence-electron chi connectivity index (χ3n) is 2.79. The van der Waals surface area contributed by atoms with Gasteiger partial charge in [0.25, 0.3) is 0 Å². The quantitative estimate of drug-likeness (QED) is 0.476. The standard InChI is InChI=1S/C14H24ClN5O2S/c1-14(2,3)11-17-12(20(18-11)13(22)19(4)5)23-9-8-16-10(21)6-7-15/h6-9H2,1-5H3,(H,16,21). The highest BCUT2D eigenvalue weighted by atomic mass is 35.5. The summed E-state index contributed by atoms with van der Waals surface area (Å²) in [4.78, 5) is 29.5. The molecule has 9 heteroatoms. The second-order valence-electron chi connectivity index (χ2n) is 6.19. The van der Waals surface area contributed by atoms with Crippen molar-refractivity contribution in [2.24, 2.45) is 0 Å². The molecule has 0 spiro atoms. The molecule has 1 aromatic heterocycles. The number of thioether (sulfide) groups is 1. The summed E-state index contributed by atoms with van der Waals surface area (Å²) in [5.41, 5.74) is -0.248. The van der Waals surface area contributed by atoms with E-state index in [1.165, 1.54) is 21.3 Å². The monoisotopic (exact) mass is 361 g/mol. The maximum atomic E-state index is 12.2. The number of carbonyl (C=O) groups excluding carboxylic acids is 2. The molecular weight excluding hydrogens is 338 g/mol. The zero-order chi connectivity index (χ0) is 17.6. The van der Waals surface area contributed by atoms with Gasteiger partial charge in [0.2, 0.25) is 5.91 Å². The Balaban J connectivity index is 2.77. The number of nitrogens with zero attached hydrogens (tertiary/aromatic N) is 4. The lowest BCUT2D eigenvalue weighted by Crippen LogP contribution is -2.29. The first kappa shape index (κ1) is 19.8. The zero-order valence-electron chi connectivity index (χ0n) is 14.2. The molecule has 0 aliphatic heterocycles. The average Bonchev–Trinajstić information content (AvgIpc) is 2.87. The largest absolute Gasteiger partial charge is 0.355 e. The summed E-state index contributed by atoms with van der Waals surface area (Å²) in [6.07, 6.45) is 0.301. The number of aromatic nitrogens is 3. The van der Waals surface area contributed by atoms with E-state index in [0.717, 1.165) is 0 Å². The van der Waals surface area contributed by atoms with Gasteiger partial charge < -0.3 is 10.2 Å². The minimum Gasteiger partial charge on any atom is -0.355 e. The lowest BCUT2D eigenvalue weighted by molar-refractivity contribution is -0.120. The summed E-state index contributed by atoms with van der Waals surface area (Å²) >= 11 is 6.89. The van der Waals surface area contributed by atoms with Crippen LogP contribution < -0.4 is 5.32 Å². The van der Waals surface area contributed by atoms with E-state index in [1.54, 1.807) is 14.1 Å². The van der Waals surface area contributed by atoms with E-state index in [2.05, 4.69) is 15.4 Å². The Kier molecular flexibility index (Phi) is 7.34. The van der Waals surface area contributed by atoms with Crippen LogP contribution in [-0.4, -0.2) is 63.9 Å². The summed E-state index contributed by atoms with van der Waals surface area (Å²) < 4.78 is 1.31. The number of hydrogen-bond acceptors (Lipinski definition) is 5. The van der Waals surface area contributed by atoms with Crippen molar-refractivity contribution in [3.8, 4) is 0 Å². The molecule has 0 radical (unpaired) electrons. The fraction of sp³-hybridized carbons (Fsp3) is 0.714. The van der Waals surface area contributed by atoms with Gasteiger partial charge >= 0.3 is 6.03 Å². The van der Waals surface area contributed by atoms with Crippen molar-refractivity contribution in [1.29, 1.82) is 0 Å². The van der Waals surface area contributed by atoms with Gasteiger partial charge in [-0.2, -0.15) is 4.68 Å². The molecule has 1 heterocycles. The van der Waals surface area contributed by atoms with Crippen LogP contribution in [-0.2, 0) is 10.2 Å². The normalized spacial score (nSPS) is 11.4. The molecule has 23 heavy (non-hydrogen) atoms. The fourth-order valence-electron chi connectivity index (χ4n) is 1.53. The number of amides is 2. The van der Waals surface area contributed by atoms with Gasteiger partial charge in [-0.15, -0.1) is 16.7 Å². The first-order chi connectivity index (χ1) is 10.7. The van der Waals surface area contributed by atoms with E-state index in [-0.39, 0.29) is 17.4 Å². The molecule has 0 aliphatic rings.